The SMILES string of the molecule is CC(Nc1ccc(Cl)nn1)c1cccc(F)c1. The summed E-state index contributed by atoms with van der Waals surface area (Å²) in [6, 6.07) is 9.75. The molecule has 0 aliphatic carbocycles. The average Bonchev–Trinajstić information content (AvgIpc) is 2.32. The largest absolute Gasteiger partial charge is 0.362 e. The molecule has 1 N–H and O–H groups in total. The maximum atomic E-state index is 13.0. The first-order chi connectivity index (χ1) is 8.15. The number of benzene rings is 1. The van der Waals surface area contributed by atoms with Crippen molar-refractivity contribution in [2.45, 2.75) is 13.0 Å². The fraction of sp³-hybridized carbons (Fsp3) is 0.167. The summed E-state index contributed by atoms with van der Waals surface area (Å²) >= 11 is 5.64. The van der Waals surface area contributed by atoms with Gasteiger partial charge in [0.05, 0.1) is 6.04 Å². The van der Waals surface area contributed by atoms with Gasteiger partial charge >= 0.3 is 0 Å². The Morgan fingerprint density at radius 1 is 1.24 bits per heavy atom. The fourth-order valence-electron chi connectivity index (χ4n) is 1.47. The first kappa shape index (κ1) is 11.8. The van der Waals surface area contributed by atoms with Crippen LogP contribution in [0.3, 0.4) is 0 Å². The molecule has 88 valence electrons. The van der Waals surface area contributed by atoms with Crippen molar-refractivity contribution in [2.24, 2.45) is 0 Å². The lowest BCUT2D eigenvalue weighted by atomic mass is 10.1. The topological polar surface area (TPSA) is 37.8 Å². The van der Waals surface area contributed by atoms with E-state index in [1.54, 1.807) is 18.2 Å². The van der Waals surface area contributed by atoms with E-state index in [1.165, 1.54) is 12.1 Å². The Morgan fingerprint density at radius 2 is 2.06 bits per heavy atom. The lowest BCUT2D eigenvalue weighted by Gasteiger charge is -2.14. The van der Waals surface area contributed by atoms with Gasteiger partial charge in [0, 0.05) is 0 Å². The quantitative estimate of drug-likeness (QED) is 0.908. The van der Waals surface area contributed by atoms with Crippen LogP contribution in [0, 0.1) is 5.82 Å². The van der Waals surface area contributed by atoms with Gasteiger partial charge in [-0.1, -0.05) is 23.7 Å². The van der Waals surface area contributed by atoms with Crippen LogP contribution in [0.2, 0.25) is 5.15 Å². The van der Waals surface area contributed by atoms with E-state index >= 15 is 0 Å². The number of hydrogen-bond acceptors (Lipinski definition) is 3. The van der Waals surface area contributed by atoms with Crippen LogP contribution in [0.25, 0.3) is 0 Å². The molecule has 1 aromatic heterocycles. The van der Waals surface area contributed by atoms with Crippen LogP contribution in [0.15, 0.2) is 36.4 Å². The Bertz CT molecular complexity index is 501. The van der Waals surface area contributed by atoms with Crippen molar-refractivity contribution in [1.82, 2.24) is 10.2 Å². The van der Waals surface area contributed by atoms with E-state index in [-0.39, 0.29) is 11.9 Å². The zero-order chi connectivity index (χ0) is 12.3. The van der Waals surface area contributed by atoms with Gasteiger partial charge in [-0.05, 0) is 36.8 Å². The smallest absolute Gasteiger partial charge is 0.151 e. The number of hydrogen-bond donors (Lipinski definition) is 1. The molecule has 0 fully saturated rings. The second-order valence-corrected chi connectivity index (χ2v) is 4.05. The molecule has 3 nitrogen and oxygen atoms in total. The molecule has 2 aromatic rings. The normalized spacial score (nSPS) is 12.2. The summed E-state index contributed by atoms with van der Waals surface area (Å²) in [6.45, 7) is 1.92. The highest BCUT2D eigenvalue weighted by Crippen LogP contribution is 2.18. The van der Waals surface area contributed by atoms with Crippen molar-refractivity contribution in [3.05, 3.63) is 52.9 Å². The van der Waals surface area contributed by atoms with Crippen LogP contribution < -0.4 is 5.32 Å². The molecule has 0 saturated heterocycles. The molecule has 0 spiro atoms. The number of aromatic nitrogens is 2. The highest BCUT2D eigenvalue weighted by atomic mass is 35.5. The maximum Gasteiger partial charge on any atom is 0.151 e. The minimum atomic E-state index is -0.252. The Balaban J connectivity index is 2.11. The van der Waals surface area contributed by atoms with E-state index in [9.17, 15) is 4.39 Å². The molecule has 5 heteroatoms. The van der Waals surface area contributed by atoms with Crippen LogP contribution in [0.4, 0.5) is 10.2 Å². The molecule has 1 aromatic carbocycles. The third-order valence-corrected chi connectivity index (χ3v) is 2.55. The molecule has 0 amide bonds. The average molecular weight is 252 g/mol. The lowest BCUT2D eigenvalue weighted by molar-refractivity contribution is 0.623. The summed E-state index contributed by atoms with van der Waals surface area (Å²) in [7, 11) is 0. The van der Waals surface area contributed by atoms with Gasteiger partial charge in [0.25, 0.3) is 0 Å². The van der Waals surface area contributed by atoms with E-state index in [2.05, 4.69) is 15.5 Å². The van der Waals surface area contributed by atoms with Gasteiger partial charge in [0.15, 0.2) is 5.15 Å². The third-order valence-electron chi connectivity index (χ3n) is 2.35. The van der Waals surface area contributed by atoms with E-state index in [4.69, 9.17) is 11.6 Å². The van der Waals surface area contributed by atoms with Crippen LogP contribution >= 0.6 is 11.6 Å². The summed E-state index contributed by atoms with van der Waals surface area (Å²) < 4.78 is 13.0. The standard InChI is InChI=1S/C12H11ClFN3/c1-8(9-3-2-4-10(14)7-9)15-12-6-5-11(13)16-17-12/h2-8H,1H3,(H,15,17). The fourth-order valence-corrected chi connectivity index (χ4v) is 1.57. The Kier molecular flexibility index (Phi) is 3.54. The first-order valence-corrected chi connectivity index (χ1v) is 5.54. The van der Waals surface area contributed by atoms with E-state index < -0.39 is 0 Å². The number of rotatable bonds is 3. The van der Waals surface area contributed by atoms with Gasteiger partial charge in [-0.15, -0.1) is 10.2 Å². The Hall–Kier alpha value is -1.68. The molecule has 0 aliphatic rings. The van der Waals surface area contributed by atoms with Gasteiger partial charge in [-0.3, -0.25) is 0 Å². The van der Waals surface area contributed by atoms with Crippen LogP contribution in [-0.2, 0) is 0 Å². The van der Waals surface area contributed by atoms with Crippen LogP contribution in [0.5, 0.6) is 0 Å². The molecular weight excluding hydrogens is 241 g/mol. The summed E-state index contributed by atoms with van der Waals surface area (Å²) in [5, 5.41) is 11.1. The van der Waals surface area contributed by atoms with Gasteiger partial charge < -0.3 is 5.32 Å². The second kappa shape index (κ2) is 5.10. The van der Waals surface area contributed by atoms with Gasteiger partial charge in [0.1, 0.15) is 11.6 Å². The number of nitrogens with one attached hydrogen (secondary N) is 1. The van der Waals surface area contributed by atoms with E-state index in [0.29, 0.717) is 11.0 Å². The predicted octanol–water partition coefficient (Wildman–Crippen LogP) is 3.44. The van der Waals surface area contributed by atoms with Crippen molar-refractivity contribution in [3.8, 4) is 0 Å². The van der Waals surface area contributed by atoms with Crippen molar-refractivity contribution in [1.29, 1.82) is 0 Å². The molecule has 0 saturated carbocycles. The molecule has 0 bridgehead atoms. The van der Waals surface area contributed by atoms with Crippen molar-refractivity contribution in [2.75, 3.05) is 5.32 Å². The van der Waals surface area contributed by atoms with E-state index in [0.717, 1.165) is 5.56 Å². The summed E-state index contributed by atoms with van der Waals surface area (Å²) in [4.78, 5) is 0. The van der Waals surface area contributed by atoms with Gasteiger partial charge in [-0.25, -0.2) is 4.39 Å². The molecule has 0 radical (unpaired) electrons. The van der Waals surface area contributed by atoms with E-state index in [1.807, 2.05) is 13.0 Å². The third kappa shape index (κ3) is 3.14. The minimum absolute atomic E-state index is 0.0545. The monoisotopic (exact) mass is 251 g/mol. The van der Waals surface area contributed by atoms with Crippen LogP contribution in [-0.4, -0.2) is 10.2 Å². The number of anilines is 1. The number of halogens is 2. The van der Waals surface area contributed by atoms with Gasteiger partial charge in [-0.2, -0.15) is 0 Å². The Labute approximate surface area is 104 Å². The lowest BCUT2D eigenvalue weighted by Crippen LogP contribution is -2.08. The van der Waals surface area contributed by atoms with Crippen molar-refractivity contribution < 1.29 is 4.39 Å². The number of nitrogens with zero attached hydrogens (tertiary/aromatic N) is 2. The predicted molar refractivity (Wildman–Crippen MR) is 65.5 cm³/mol. The first-order valence-electron chi connectivity index (χ1n) is 5.16. The molecule has 17 heavy (non-hydrogen) atoms. The zero-order valence-electron chi connectivity index (χ0n) is 9.19. The molecule has 1 heterocycles. The van der Waals surface area contributed by atoms with Crippen molar-refractivity contribution >= 4 is 17.4 Å². The molecule has 1 unspecified atom stereocenters. The maximum absolute atomic E-state index is 13.0. The Morgan fingerprint density at radius 3 is 2.71 bits per heavy atom. The second-order valence-electron chi connectivity index (χ2n) is 3.66. The molecule has 0 aliphatic heterocycles. The highest BCUT2D eigenvalue weighted by molar-refractivity contribution is 6.29. The summed E-state index contributed by atoms with van der Waals surface area (Å²) in [6.07, 6.45) is 0. The summed E-state index contributed by atoms with van der Waals surface area (Å²) in [5.41, 5.74) is 0.849. The molecule has 2 rings (SSSR count). The van der Waals surface area contributed by atoms with Crippen LogP contribution in [0.1, 0.15) is 18.5 Å². The van der Waals surface area contributed by atoms with Gasteiger partial charge in [0.2, 0.25) is 0 Å². The molecule has 1 atom stereocenters. The highest BCUT2D eigenvalue weighted by Gasteiger charge is 2.06. The summed E-state index contributed by atoms with van der Waals surface area (Å²) in [5.74, 6) is 0.351. The molecular formula is C12H11ClFN3. The minimum Gasteiger partial charge on any atom is -0.362 e. The van der Waals surface area contributed by atoms with Crippen molar-refractivity contribution in [3.63, 3.8) is 0 Å². The zero-order valence-corrected chi connectivity index (χ0v) is 9.95.